The predicted molar refractivity (Wildman–Crippen MR) is 67.5 cm³/mol. The summed E-state index contributed by atoms with van der Waals surface area (Å²) in [7, 11) is 0. The molecular weight excluding hydrogens is 196 g/mol. The molecule has 0 aliphatic carbocycles. The lowest BCUT2D eigenvalue weighted by Crippen LogP contribution is -1.94. The number of rotatable bonds is 2. The van der Waals surface area contributed by atoms with Crippen molar-refractivity contribution in [3.8, 4) is 0 Å². The predicted octanol–water partition coefficient (Wildman–Crippen LogP) is 3.60. The molecule has 16 heavy (non-hydrogen) atoms. The topological polar surface area (TPSA) is 17.8 Å². The molecule has 0 saturated heterocycles. The monoisotopic (exact) mass is 210 g/mol. The van der Waals surface area contributed by atoms with E-state index in [0.717, 1.165) is 13.0 Å². The quantitative estimate of drug-likeness (QED) is 0.632. The van der Waals surface area contributed by atoms with Gasteiger partial charge in [-0.3, -0.25) is 4.98 Å². The fourth-order valence-electron chi connectivity index (χ4n) is 2.29. The first-order chi connectivity index (χ1) is 7.90. The summed E-state index contributed by atoms with van der Waals surface area (Å²) in [6.07, 6.45) is 7.13. The van der Waals surface area contributed by atoms with E-state index in [-0.39, 0.29) is 0 Å². The minimum Gasteiger partial charge on any atom is -0.347 e. The zero-order chi connectivity index (χ0) is 11.0. The third-order valence-electron chi connectivity index (χ3n) is 3.01. The number of hydrogen-bond acceptors (Lipinski definition) is 1. The molecule has 2 aromatic heterocycles. The van der Waals surface area contributed by atoms with Crippen molar-refractivity contribution in [2.75, 3.05) is 0 Å². The van der Waals surface area contributed by atoms with Gasteiger partial charge < -0.3 is 4.57 Å². The average molecular weight is 210 g/mol. The van der Waals surface area contributed by atoms with Crippen molar-refractivity contribution < 1.29 is 0 Å². The number of benzene rings is 1. The van der Waals surface area contributed by atoms with Gasteiger partial charge in [0.05, 0.1) is 5.52 Å². The van der Waals surface area contributed by atoms with Gasteiger partial charge in [0.25, 0.3) is 0 Å². The van der Waals surface area contributed by atoms with Crippen LogP contribution in [0.4, 0.5) is 0 Å². The normalized spacial score (nSPS) is 11.3. The summed E-state index contributed by atoms with van der Waals surface area (Å²) in [4.78, 5) is 4.23. The zero-order valence-corrected chi connectivity index (χ0v) is 9.35. The van der Waals surface area contributed by atoms with E-state index >= 15 is 0 Å². The third kappa shape index (κ3) is 1.30. The summed E-state index contributed by atoms with van der Waals surface area (Å²) in [6, 6.07) is 8.59. The van der Waals surface area contributed by atoms with Gasteiger partial charge in [-0.15, -0.1) is 0 Å². The fourth-order valence-corrected chi connectivity index (χ4v) is 2.29. The smallest absolute Gasteiger partial charge is 0.0575 e. The molecule has 3 rings (SSSR count). The minimum absolute atomic E-state index is 1.07. The molecule has 0 saturated carbocycles. The van der Waals surface area contributed by atoms with Crippen molar-refractivity contribution in [3.63, 3.8) is 0 Å². The van der Waals surface area contributed by atoms with Gasteiger partial charge in [0, 0.05) is 35.9 Å². The Balaban J connectivity index is 2.42. The second-order valence-corrected chi connectivity index (χ2v) is 4.11. The Labute approximate surface area is 94.5 Å². The van der Waals surface area contributed by atoms with Crippen LogP contribution in [-0.4, -0.2) is 9.55 Å². The van der Waals surface area contributed by atoms with Crippen LogP contribution in [0.2, 0.25) is 0 Å². The third-order valence-corrected chi connectivity index (χ3v) is 3.01. The number of fused-ring (bicyclic) bond motifs is 3. The molecule has 0 aliphatic rings. The molecule has 80 valence electrons. The standard InChI is InChI=1S/C14H14N2/c1-2-8-16-9-6-12-4-3-11-5-7-15-10-13(11)14(12)16/h3-7,9-10H,2,8H2,1H3. The maximum atomic E-state index is 4.23. The van der Waals surface area contributed by atoms with Crippen molar-refractivity contribution >= 4 is 21.7 Å². The van der Waals surface area contributed by atoms with E-state index in [9.17, 15) is 0 Å². The molecule has 0 aliphatic heterocycles. The summed E-state index contributed by atoms with van der Waals surface area (Å²) >= 11 is 0. The Morgan fingerprint density at radius 3 is 2.88 bits per heavy atom. The number of pyridine rings is 1. The molecular formula is C14H14N2. The van der Waals surface area contributed by atoms with Gasteiger partial charge in [-0.2, -0.15) is 0 Å². The van der Waals surface area contributed by atoms with E-state index in [1.165, 1.54) is 21.7 Å². The molecule has 0 amide bonds. The summed E-state index contributed by atoms with van der Waals surface area (Å²) in [5, 5.41) is 3.81. The van der Waals surface area contributed by atoms with Gasteiger partial charge >= 0.3 is 0 Å². The summed E-state index contributed by atoms with van der Waals surface area (Å²) in [6.45, 7) is 3.27. The van der Waals surface area contributed by atoms with Crippen LogP contribution < -0.4 is 0 Å². The minimum atomic E-state index is 1.07. The first kappa shape index (κ1) is 9.40. The Hall–Kier alpha value is -1.83. The van der Waals surface area contributed by atoms with Crippen LogP contribution in [0.3, 0.4) is 0 Å². The Morgan fingerprint density at radius 1 is 1.12 bits per heavy atom. The number of hydrogen-bond donors (Lipinski definition) is 0. The highest BCUT2D eigenvalue weighted by Gasteiger charge is 2.04. The van der Waals surface area contributed by atoms with Crippen LogP contribution in [0.5, 0.6) is 0 Å². The lowest BCUT2D eigenvalue weighted by molar-refractivity contribution is 0.705. The van der Waals surface area contributed by atoms with Gasteiger partial charge in [-0.25, -0.2) is 0 Å². The molecule has 2 heterocycles. The Bertz CT molecular complexity index is 637. The summed E-state index contributed by atoms with van der Waals surface area (Å²) < 4.78 is 2.32. The molecule has 1 aromatic carbocycles. The molecule has 3 aromatic rings. The second kappa shape index (κ2) is 3.63. The molecule has 0 bridgehead atoms. The first-order valence-corrected chi connectivity index (χ1v) is 5.71. The molecule has 2 heteroatoms. The van der Waals surface area contributed by atoms with E-state index in [2.05, 4.69) is 46.9 Å². The molecule has 2 nitrogen and oxygen atoms in total. The average Bonchev–Trinajstić information content (AvgIpc) is 2.73. The lowest BCUT2D eigenvalue weighted by Gasteiger charge is -2.05. The van der Waals surface area contributed by atoms with E-state index in [1.54, 1.807) is 0 Å². The molecule has 0 fully saturated rings. The number of nitrogens with zero attached hydrogens (tertiary/aromatic N) is 2. The van der Waals surface area contributed by atoms with Crippen molar-refractivity contribution in [1.29, 1.82) is 0 Å². The molecule has 0 radical (unpaired) electrons. The van der Waals surface area contributed by atoms with Crippen LogP contribution in [0, 0.1) is 0 Å². The molecule has 0 spiro atoms. The van der Waals surface area contributed by atoms with Gasteiger partial charge in [0.15, 0.2) is 0 Å². The van der Waals surface area contributed by atoms with Crippen molar-refractivity contribution in [3.05, 3.63) is 42.9 Å². The van der Waals surface area contributed by atoms with Crippen LogP contribution in [0.25, 0.3) is 21.7 Å². The van der Waals surface area contributed by atoms with E-state index in [4.69, 9.17) is 0 Å². The highest BCUT2D eigenvalue weighted by molar-refractivity contribution is 6.05. The van der Waals surface area contributed by atoms with Crippen molar-refractivity contribution in [2.45, 2.75) is 19.9 Å². The summed E-state index contributed by atoms with van der Waals surface area (Å²) in [5.41, 5.74) is 1.31. The van der Waals surface area contributed by atoms with Gasteiger partial charge in [-0.1, -0.05) is 19.1 Å². The maximum absolute atomic E-state index is 4.23. The van der Waals surface area contributed by atoms with Crippen molar-refractivity contribution in [1.82, 2.24) is 9.55 Å². The Kier molecular flexibility index (Phi) is 2.13. The van der Waals surface area contributed by atoms with Crippen LogP contribution in [-0.2, 0) is 6.54 Å². The van der Waals surface area contributed by atoms with Gasteiger partial charge in [-0.05, 0) is 23.9 Å². The fraction of sp³-hybridized carbons (Fsp3) is 0.214. The van der Waals surface area contributed by atoms with E-state index < -0.39 is 0 Å². The van der Waals surface area contributed by atoms with E-state index in [1.807, 2.05) is 12.4 Å². The molecule has 0 N–H and O–H groups in total. The van der Waals surface area contributed by atoms with Crippen LogP contribution >= 0.6 is 0 Å². The maximum Gasteiger partial charge on any atom is 0.0575 e. The largest absolute Gasteiger partial charge is 0.347 e. The van der Waals surface area contributed by atoms with Crippen molar-refractivity contribution in [2.24, 2.45) is 0 Å². The Morgan fingerprint density at radius 2 is 2.00 bits per heavy atom. The summed E-state index contributed by atoms with van der Waals surface area (Å²) in [5.74, 6) is 0. The van der Waals surface area contributed by atoms with Crippen LogP contribution in [0.1, 0.15) is 13.3 Å². The first-order valence-electron chi connectivity index (χ1n) is 5.71. The van der Waals surface area contributed by atoms with Gasteiger partial charge in [0.1, 0.15) is 0 Å². The SMILES string of the molecule is CCCn1ccc2ccc3ccncc3c21. The number of aromatic nitrogens is 2. The molecule has 0 unspecified atom stereocenters. The van der Waals surface area contributed by atoms with Crippen LogP contribution in [0.15, 0.2) is 42.9 Å². The second-order valence-electron chi connectivity index (χ2n) is 4.11. The highest BCUT2D eigenvalue weighted by atomic mass is 14.9. The van der Waals surface area contributed by atoms with Gasteiger partial charge in [0.2, 0.25) is 0 Å². The molecule has 0 atom stereocenters. The lowest BCUT2D eigenvalue weighted by atomic mass is 10.1. The zero-order valence-electron chi connectivity index (χ0n) is 9.35. The van der Waals surface area contributed by atoms with E-state index in [0.29, 0.717) is 0 Å². The number of aryl methyl sites for hydroxylation is 1. The highest BCUT2D eigenvalue weighted by Crippen LogP contribution is 2.25.